The highest BCUT2D eigenvalue weighted by Gasteiger charge is 2.25. The quantitative estimate of drug-likeness (QED) is 0.804. The lowest BCUT2D eigenvalue weighted by atomic mass is 9.98. The number of hydrogen-bond acceptors (Lipinski definition) is 4. The molecular formula is C15H17N3O2. The summed E-state index contributed by atoms with van der Waals surface area (Å²) in [7, 11) is 0. The monoisotopic (exact) mass is 271 g/mol. The standard InChI is InChI=1S/C15H17N3O2/c1-11-4-6-12(7-5-11)14-16-15(20-17-14)13-3-2-8-18(9-13)10-19/h4-7,10,13H,2-3,8-9H2,1H3. The Labute approximate surface area is 117 Å². The van der Waals surface area contributed by atoms with E-state index in [-0.39, 0.29) is 5.92 Å². The Kier molecular flexibility index (Phi) is 3.50. The molecule has 1 aliphatic rings. The number of nitrogens with zero attached hydrogens (tertiary/aromatic N) is 3. The fourth-order valence-electron chi connectivity index (χ4n) is 2.52. The second-order valence-corrected chi connectivity index (χ2v) is 5.26. The van der Waals surface area contributed by atoms with Crippen molar-refractivity contribution < 1.29 is 9.32 Å². The van der Waals surface area contributed by atoms with Gasteiger partial charge >= 0.3 is 0 Å². The first-order valence-corrected chi connectivity index (χ1v) is 6.86. The summed E-state index contributed by atoms with van der Waals surface area (Å²) in [6.45, 7) is 3.53. The molecule has 2 aromatic rings. The maximum Gasteiger partial charge on any atom is 0.231 e. The highest BCUT2D eigenvalue weighted by atomic mass is 16.5. The third-order valence-electron chi connectivity index (χ3n) is 3.70. The van der Waals surface area contributed by atoms with Crippen LogP contribution < -0.4 is 0 Å². The van der Waals surface area contributed by atoms with Crippen molar-refractivity contribution >= 4 is 6.41 Å². The van der Waals surface area contributed by atoms with Crippen molar-refractivity contribution in [3.63, 3.8) is 0 Å². The number of carbonyl (C=O) groups excluding carboxylic acids is 1. The number of amides is 1. The van der Waals surface area contributed by atoms with Crippen LogP contribution in [0.3, 0.4) is 0 Å². The number of benzene rings is 1. The summed E-state index contributed by atoms with van der Waals surface area (Å²) in [6.07, 6.45) is 2.86. The van der Waals surface area contributed by atoms with Gasteiger partial charge in [0.2, 0.25) is 18.1 Å². The number of likely N-dealkylation sites (tertiary alicyclic amines) is 1. The molecule has 5 heteroatoms. The van der Waals surface area contributed by atoms with Crippen LogP contribution in [-0.4, -0.2) is 34.5 Å². The second-order valence-electron chi connectivity index (χ2n) is 5.26. The summed E-state index contributed by atoms with van der Waals surface area (Å²) >= 11 is 0. The van der Waals surface area contributed by atoms with Crippen LogP contribution in [0, 0.1) is 6.92 Å². The van der Waals surface area contributed by atoms with Crippen molar-refractivity contribution in [2.24, 2.45) is 0 Å². The number of rotatable bonds is 3. The van der Waals surface area contributed by atoms with E-state index < -0.39 is 0 Å². The van der Waals surface area contributed by atoms with Gasteiger partial charge in [0, 0.05) is 18.7 Å². The van der Waals surface area contributed by atoms with Gasteiger partial charge in [0.1, 0.15) is 0 Å². The third-order valence-corrected chi connectivity index (χ3v) is 3.70. The van der Waals surface area contributed by atoms with E-state index in [1.54, 1.807) is 4.90 Å². The van der Waals surface area contributed by atoms with Gasteiger partial charge in [-0.1, -0.05) is 35.0 Å². The van der Waals surface area contributed by atoms with Crippen molar-refractivity contribution in [2.45, 2.75) is 25.7 Å². The van der Waals surface area contributed by atoms with Crippen LogP contribution in [0.5, 0.6) is 0 Å². The van der Waals surface area contributed by atoms with Gasteiger partial charge in [0.25, 0.3) is 0 Å². The molecule has 3 rings (SSSR count). The maximum absolute atomic E-state index is 10.9. The summed E-state index contributed by atoms with van der Waals surface area (Å²) in [5.41, 5.74) is 2.15. The van der Waals surface area contributed by atoms with Gasteiger partial charge in [-0.25, -0.2) is 0 Å². The average molecular weight is 271 g/mol. The van der Waals surface area contributed by atoms with E-state index >= 15 is 0 Å². The lowest BCUT2D eigenvalue weighted by Gasteiger charge is -2.27. The van der Waals surface area contributed by atoms with Crippen molar-refractivity contribution in [3.05, 3.63) is 35.7 Å². The topological polar surface area (TPSA) is 59.2 Å². The molecule has 1 amide bonds. The van der Waals surface area contributed by atoms with Crippen LogP contribution in [0.25, 0.3) is 11.4 Å². The van der Waals surface area contributed by atoms with Gasteiger partial charge in [-0.2, -0.15) is 4.98 Å². The van der Waals surface area contributed by atoms with Crippen LogP contribution in [0.15, 0.2) is 28.8 Å². The lowest BCUT2D eigenvalue weighted by Crippen LogP contribution is -2.33. The van der Waals surface area contributed by atoms with E-state index in [1.807, 2.05) is 31.2 Å². The number of carbonyl (C=O) groups is 1. The molecular weight excluding hydrogens is 254 g/mol. The molecule has 1 aromatic carbocycles. The Bertz CT molecular complexity index is 591. The molecule has 20 heavy (non-hydrogen) atoms. The highest BCUT2D eigenvalue weighted by Crippen LogP contribution is 2.27. The number of hydrogen-bond donors (Lipinski definition) is 0. The predicted molar refractivity (Wildman–Crippen MR) is 74.1 cm³/mol. The van der Waals surface area contributed by atoms with Gasteiger partial charge in [0.05, 0.1) is 5.92 Å². The van der Waals surface area contributed by atoms with E-state index in [0.717, 1.165) is 31.4 Å². The summed E-state index contributed by atoms with van der Waals surface area (Å²) in [5.74, 6) is 1.40. The molecule has 0 spiro atoms. The Hall–Kier alpha value is -2.17. The molecule has 0 bridgehead atoms. The van der Waals surface area contributed by atoms with Crippen molar-refractivity contribution in [1.82, 2.24) is 15.0 Å². The Morgan fingerprint density at radius 3 is 2.90 bits per heavy atom. The van der Waals surface area contributed by atoms with Gasteiger partial charge in [-0.3, -0.25) is 4.79 Å². The molecule has 0 aliphatic carbocycles. The Morgan fingerprint density at radius 1 is 1.35 bits per heavy atom. The Morgan fingerprint density at radius 2 is 2.15 bits per heavy atom. The second kappa shape index (κ2) is 5.45. The summed E-state index contributed by atoms with van der Waals surface area (Å²) in [4.78, 5) is 17.1. The van der Waals surface area contributed by atoms with E-state index in [2.05, 4.69) is 10.1 Å². The van der Waals surface area contributed by atoms with Crippen LogP contribution in [-0.2, 0) is 4.79 Å². The number of aromatic nitrogens is 2. The minimum atomic E-state index is 0.153. The highest BCUT2D eigenvalue weighted by molar-refractivity contribution is 5.54. The summed E-state index contributed by atoms with van der Waals surface area (Å²) in [5, 5.41) is 4.05. The number of piperidine rings is 1. The first-order valence-electron chi connectivity index (χ1n) is 6.86. The predicted octanol–water partition coefficient (Wildman–Crippen LogP) is 2.38. The summed E-state index contributed by atoms with van der Waals surface area (Å²) < 4.78 is 5.38. The van der Waals surface area contributed by atoms with Gasteiger partial charge in [-0.05, 0) is 19.8 Å². The minimum Gasteiger partial charge on any atom is -0.344 e. The Balaban J connectivity index is 1.79. The smallest absolute Gasteiger partial charge is 0.231 e. The van der Waals surface area contributed by atoms with Crippen LogP contribution in [0.4, 0.5) is 0 Å². The fraction of sp³-hybridized carbons (Fsp3) is 0.400. The zero-order valence-corrected chi connectivity index (χ0v) is 11.5. The van der Waals surface area contributed by atoms with Gasteiger partial charge < -0.3 is 9.42 Å². The van der Waals surface area contributed by atoms with E-state index in [1.165, 1.54) is 5.56 Å². The molecule has 1 saturated heterocycles. The molecule has 0 N–H and O–H groups in total. The van der Waals surface area contributed by atoms with Crippen molar-refractivity contribution in [2.75, 3.05) is 13.1 Å². The van der Waals surface area contributed by atoms with E-state index in [0.29, 0.717) is 18.3 Å². The fourth-order valence-corrected chi connectivity index (χ4v) is 2.52. The van der Waals surface area contributed by atoms with Crippen LogP contribution >= 0.6 is 0 Å². The molecule has 5 nitrogen and oxygen atoms in total. The lowest BCUT2D eigenvalue weighted by molar-refractivity contribution is -0.119. The third kappa shape index (κ3) is 2.57. The van der Waals surface area contributed by atoms with E-state index in [4.69, 9.17) is 4.52 Å². The molecule has 1 atom stereocenters. The van der Waals surface area contributed by atoms with E-state index in [9.17, 15) is 4.79 Å². The normalized spacial score (nSPS) is 19.1. The maximum atomic E-state index is 10.9. The molecule has 1 aromatic heterocycles. The summed E-state index contributed by atoms with van der Waals surface area (Å²) in [6, 6.07) is 8.03. The van der Waals surface area contributed by atoms with Crippen LogP contribution in [0.1, 0.15) is 30.2 Å². The zero-order valence-electron chi connectivity index (χ0n) is 11.5. The molecule has 1 fully saturated rings. The minimum absolute atomic E-state index is 0.153. The van der Waals surface area contributed by atoms with Gasteiger partial charge in [-0.15, -0.1) is 0 Å². The largest absolute Gasteiger partial charge is 0.344 e. The molecule has 0 radical (unpaired) electrons. The average Bonchev–Trinajstić information content (AvgIpc) is 2.98. The zero-order chi connectivity index (χ0) is 13.9. The SMILES string of the molecule is Cc1ccc(-c2noc(C3CCCN(C=O)C3)n2)cc1. The van der Waals surface area contributed by atoms with Crippen LogP contribution in [0.2, 0.25) is 0 Å². The van der Waals surface area contributed by atoms with Crippen molar-refractivity contribution in [1.29, 1.82) is 0 Å². The number of aryl methyl sites for hydroxylation is 1. The molecule has 1 unspecified atom stereocenters. The molecule has 1 aliphatic heterocycles. The van der Waals surface area contributed by atoms with Gasteiger partial charge in [0.15, 0.2) is 0 Å². The first kappa shape index (κ1) is 12.8. The van der Waals surface area contributed by atoms with Crippen molar-refractivity contribution in [3.8, 4) is 11.4 Å². The first-order chi connectivity index (χ1) is 9.76. The molecule has 0 saturated carbocycles. The molecule has 104 valence electrons. The molecule has 2 heterocycles.